The largest absolute Gasteiger partial charge is 0.493 e. The maximum absolute atomic E-state index is 15.2. The lowest BCUT2D eigenvalue weighted by atomic mass is 10.1. The lowest BCUT2D eigenvalue weighted by Crippen LogP contribution is -2.33. The highest BCUT2D eigenvalue weighted by atomic mass is 19.4. The van der Waals surface area contributed by atoms with Gasteiger partial charge in [-0.2, -0.15) is 26.3 Å². The first-order valence-corrected chi connectivity index (χ1v) is 13.4. The highest BCUT2D eigenvalue weighted by Gasteiger charge is 2.37. The molecule has 0 aliphatic rings. The summed E-state index contributed by atoms with van der Waals surface area (Å²) in [5.74, 6) is -3.79. The lowest BCUT2D eigenvalue weighted by molar-refractivity contribution is -0.143. The average Bonchev–Trinajstić information content (AvgIpc) is 3.01. The molecule has 1 N–H and O–H groups in total. The van der Waals surface area contributed by atoms with Crippen LogP contribution < -0.4 is 25.1 Å². The molecule has 17 heteroatoms. The molecule has 0 unspecified atom stereocenters. The zero-order valence-electron chi connectivity index (χ0n) is 24.7. The third-order valence-electron chi connectivity index (χ3n) is 6.91. The number of alkyl halides is 6. The molecule has 0 saturated carbocycles. The van der Waals surface area contributed by atoms with Crippen molar-refractivity contribution in [3.63, 3.8) is 0 Å². The topological polar surface area (TPSA) is 105 Å². The zero-order chi connectivity index (χ0) is 35.1. The van der Waals surface area contributed by atoms with E-state index in [2.05, 4.69) is 15.3 Å². The van der Waals surface area contributed by atoms with Gasteiger partial charge in [0.05, 0.1) is 37.8 Å². The molecule has 0 saturated heterocycles. The summed E-state index contributed by atoms with van der Waals surface area (Å²) in [4.78, 5) is 33.4. The molecule has 0 atom stereocenters. The van der Waals surface area contributed by atoms with E-state index in [1.54, 1.807) is 0 Å². The van der Waals surface area contributed by atoms with Crippen molar-refractivity contribution >= 4 is 22.5 Å². The molecule has 5 rings (SSSR count). The smallest absolute Gasteiger partial charge is 0.433 e. The number of methoxy groups -OCH3 is 2. The van der Waals surface area contributed by atoms with Crippen molar-refractivity contribution in [1.82, 2.24) is 14.5 Å². The molecule has 0 aliphatic carbocycles. The Morgan fingerprint density at radius 2 is 1.50 bits per heavy atom. The number of aryl methyl sites for hydroxylation is 1. The van der Waals surface area contributed by atoms with Gasteiger partial charge in [0.1, 0.15) is 17.0 Å². The Balaban J connectivity index is 1.47. The Labute approximate surface area is 264 Å². The summed E-state index contributed by atoms with van der Waals surface area (Å²) in [6.45, 7) is 1.03. The fourth-order valence-electron chi connectivity index (χ4n) is 4.65. The number of carbonyl (C=O) groups excluding carboxylic acids is 1. The van der Waals surface area contributed by atoms with Crippen LogP contribution in [-0.4, -0.2) is 34.7 Å². The summed E-state index contributed by atoms with van der Waals surface area (Å²) >= 11 is 0. The van der Waals surface area contributed by atoms with E-state index >= 15 is 4.39 Å². The van der Waals surface area contributed by atoms with Crippen molar-refractivity contribution in [3.05, 3.63) is 105 Å². The molecule has 250 valence electrons. The number of hydrogen-bond donors (Lipinski definition) is 1. The molecule has 0 radical (unpaired) electrons. The summed E-state index contributed by atoms with van der Waals surface area (Å²) in [5, 5.41) is 2.27. The molecule has 0 fully saturated rings. The van der Waals surface area contributed by atoms with Gasteiger partial charge in [-0.15, -0.1) is 0 Å². The number of carbonyl (C=O) groups is 1. The number of anilines is 1. The Morgan fingerprint density at radius 1 is 0.812 bits per heavy atom. The number of halogens is 8. The molecular formula is C31H20F8N4O5. The summed E-state index contributed by atoms with van der Waals surface area (Å²) in [6, 6.07) is 7.08. The Bertz CT molecular complexity index is 2130. The third kappa shape index (κ3) is 6.43. The number of aromatic nitrogens is 3. The first kappa shape index (κ1) is 33.6. The second-order valence-electron chi connectivity index (χ2n) is 9.99. The first-order valence-electron chi connectivity index (χ1n) is 13.4. The number of hydrogen-bond acceptors (Lipinski definition) is 7. The lowest BCUT2D eigenvalue weighted by Gasteiger charge is -2.19. The van der Waals surface area contributed by atoms with E-state index in [1.807, 2.05) is 0 Å². The van der Waals surface area contributed by atoms with Crippen LogP contribution in [0.4, 0.5) is 40.8 Å². The maximum Gasteiger partial charge on any atom is 0.433 e. The molecule has 0 aliphatic heterocycles. The van der Waals surface area contributed by atoms with Crippen molar-refractivity contribution in [2.24, 2.45) is 0 Å². The molecule has 5 aromatic rings. The number of ether oxygens (including phenoxy) is 3. The maximum atomic E-state index is 15.2. The van der Waals surface area contributed by atoms with Crippen LogP contribution in [0.3, 0.4) is 0 Å². The van der Waals surface area contributed by atoms with Crippen LogP contribution in [0, 0.1) is 18.6 Å². The molecule has 3 aromatic heterocycles. The minimum absolute atomic E-state index is 0.0209. The normalized spacial score (nSPS) is 11.8. The van der Waals surface area contributed by atoms with Gasteiger partial charge in [0.15, 0.2) is 34.6 Å². The first-order chi connectivity index (χ1) is 22.5. The summed E-state index contributed by atoms with van der Waals surface area (Å²) < 4.78 is 127. The molecule has 48 heavy (non-hydrogen) atoms. The van der Waals surface area contributed by atoms with Crippen LogP contribution in [0.25, 0.3) is 16.6 Å². The van der Waals surface area contributed by atoms with E-state index in [1.165, 1.54) is 26.4 Å². The number of pyridine rings is 3. The zero-order valence-corrected chi connectivity index (χ0v) is 24.7. The number of nitrogens with zero attached hydrogens (tertiary/aromatic N) is 3. The van der Waals surface area contributed by atoms with Gasteiger partial charge in [0.2, 0.25) is 0 Å². The standard InChI is InChI=1S/C31H20F8N4O5/c1-14-8-25(30(34,35)36)41-13-21(14)43-26(31(37,38)39)7-5-16(29(43)45)28(44)42-15-4-6-22(18(32)9-15)48-27-17-10-23(46-2)24(47-3)11-20(17)40-12-19(27)33/h4-13H,1-3H3,(H,42,44). The molecule has 3 heterocycles. The highest BCUT2D eigenvalue weighted by Crippen LogP contribution is 2.39. The predicted octanol–water partition coefficient (Wildman–Crippen LogP) is 7.47. The number of amides is 1. The molecule has 9 nitrogen and oxygen atoms in total. The molecule has 0 bridgehead atoms. The van der Waals surface area contributed by atoms with Crippen LogP contribution >= 0.6 is 0 Å². The number of fused-ring (bicyclic) bond motifs is 1. The molecular weight excluding hydrogens is 660 g/mol. The quantitative estimate of drug-likeness (QED) is 0.178. The van der Waals surface area contributed by atoms with E-state index in [0.717, 1.165) is 31.3 Å². The van der Waals surface area contributed by atoms with Gasteiger partial charge in [0.25, 0.3) is 11.5 Å². The second kappa shape index (κ2) is 12.5. The number of rotatable bonds is 7. The number of benzene rings is 2. The van der Waals surface area contributed by atoms with Crippen molar-refractivity contribution in [1.29, 1.82) is 0 Å². The van der Waals surface area contributed by atoms with Crippen molar-refractivity contribution in [2.45, 2.75) is 19.3 Å². The van der Waals surface area contributed by atoms with Gasteiger partial charge in [-0.3, -0.25) is 19.1 Å². The number of nitrogens with one attached hydrogen (secondary N) is 1. The summed E-state index contributed by atoms with van der Waals surface area (Å²) in [7, 11) is 2.72. The highest BCUT2D eigenvalue weighted by molar-refractivity contribution is 6.04. The van der Waals surface area contributed by atoms with Gasteiger partial charge < -0.3 is 19.5 Å². The van der Waals surface area contributed by atoms with Gasteiger partial charge >= 0.3 is 12.4 Å². The van der Waals surface area contributed by atoms with E-state index in [4.69, 9.17) is 14.2 Å². The minimum Gasteiger partial charge on any atom is -0.493 e. The van der Waals surface area contributed by atoms with Gasteiger partial charge in [0, 0.05) is 23.2 Å². The SMILES string of the molecule is COc1cc2ncc(F)c(Oc3ccc(NC(=O)c4ccc(C(F)(F)F)n(-c5cnc(C(F)(F)F)cc5C)c4=O)cc3F)c2cc1OC. The van der Waals surface area contributed by atoms with Crippen LogP contribution in [0.15, 0.2) is 65.7 Å². The van der Waals surface area contributed by atoms with Crippen LogP contribution in [0.2, 0.25) is 0 Å². The fraction of sp³-hybridized carbons (Fsp3) is 0.161. The van der Waals surface area contributed by atoms with Crippen LogP contribution in [-0.2, 0) is 12.4 Å². The van der Waals surface area contributed by atoms with E-state index < -0.39 is 75.2 Å². The van der Waals surface area contributed by atoms with Crippen LogP contribution in [0.1, 0.15) is 27.3 Å². The molecule has 0 spiro atoms. The van der Waals surface area contributed by atoms with Gasteiger partial charge in [-0.25, -0.2) is 13.8 Å². The van der Waals surface area contributed by atoms with Crippen molar-refractivity contribution in [2.75, 3.05) is 19.5 Å². The van der Waals surface area contributed by atoms with Crippen molar-refractivity contribution < 1.29 is 54.1 Å². The Hall–Kier alpha value is -5.74. The fourth-order valence-corrected chi connectivity index (χ4v) is 4.65. The molecule has 2 aromatic carbocycles. The van der Waals surface area contributed by atoms with Crippen LogP contribution in [0.5, 0.6) is 23.0 Å². The van der Waals surface area contributed by atoms with E-state index in [0.29, 0.717) is 24.4 Å². The van der Waals surface area contributed by atoms with Crippen molar-refractivity contribution in [3.8, 4) is 28.7 Å². The Morgan fingerprint density at radius 3 is 2.10 bits per heavy atom. The summed E-state index contributed by atoms with van der Waals surface area (Å²) in [6.07, 6.45) is -8.80. The average molecular weight is 681 g/mol. The Kier molecular flexibility index (Phi) is 8.73. The predicted molar refractivity (Wildman–Crippen MR) is 154 cm³/mol. The second-order valence-corrected chi connectivity index (χ2v) is 9.99. The third-order valence-corrected chi connectivity index (χ3v) is 6.91. The van der Waals surface area contributed by atoms with E-state index in [9.17, 15) is 40.3 Å². The monoisotopic (exact) mass is 680 g/mol. The van der Waals surface area contributed by atoms with Gasteiger partial charge in [-0.1, -0.05) is 0 Å². The minimum atomic E-state index is -5.17. The van der Waals surface area contributed by atoms with E-state index in [-0.39, 0.29) is 32.7 Å². The molecule has 1 amide bonds. The van der Waals surface area contributed by atoms with Gasteiger partial charge in [-0.05, 0) is 48.9 Å². The summed E-state index contributed by atoms with van der Waals surface area (Å²) in [5.41, 5.74) is -6.52.